The third-order valence-corrected chi connectivity index (χ3v) is 11.3. The fraction of sp³-hybridized carbons (Fsp3) is 0.474. The van der Waals surface area contributed by atoms with Crippen LogP contribution in [0.4, 0.5) is 19.0 Å². The van der Waals surface area contributed by atoms with E-state index in [0.29, 0.717) is 79.9 Å². The lowest BCUT2D eigenvalue weighted by atomic mass is 9.95. The largest absolute Gasteiger partial charge is 0.461 e. The Labute approximate surface area is 305 Å². The number of likely N-dealkylation sites (tertiary alicyclic amines) is 1. The zero-order valence-electron chi connectivity index (χ0n) is 29.0. The summed E-state index contributed by atoms with van der Waals surface area (Å²) in [5.74, 6) is -0.780. The minimum absolute atomic E-state index is 0.00670. The first-order valence-electron chi connectivity index (χ1n) is 17.9. The first kappa shape index (κ1) is 35.0. The number of carbonyl (C=O) groups is 1. The summed E-state index contributed by atoms with van der Waals surface area (Å²) in [4.78, 5) is 34.8. The molecule has 4 fully saturated rings. The second-order valence-electron chi connectivity index (χ2n) is 14.4. The highest BCUT2D eigenvalue weighted by molar-refractivity contribution is 6.36. The molecule has 52 heavy (non-hydrogen) atoms. The number of anilines is 1. The summed E-state index contributed by atoms with van der Waals surface area (Å²) in [5, 5.41) is 1.24. The topological polar surface area (TPSA) is 87.2 Å². The summed E-state index contributed by atoms with van der Waals surface area (Å²) in [5.41, 5.74) is -0.159. The zero-order valence-corrected chi connectivity index (χ0v) is 29.8. The number of pyridine rings is 1. The van der Waals surface area contributed by atoms with Crippen molar-refractivity contribution < 1.29 is 27.4 Å². The molecular formula is C38H41ClF3N7O3. The molecular weight excluding hydrogens is 695 g/mol. The van der Waals surface area contributed by atoms with Gasteiger partial charge in [0, 0.05) is 88.4 Å². The molecule has 2 aromatic heterocycles. The van der Waals surface area contributed by atoms with Crippen molar-refractivity contribution in [2.45, 2.75) is 31.0 Å². The molecule has 274 valence electrons. The van der Waals surface area contributed by atoms with E-state index in [2.05, 4.69) is 19.8 Å². The molecule has 0 aliphatic carbocycles. The first-order chi connectivity index (χ1) is 25.2. The number of nitrogens with zero attached hydrogens (tertiary/aromatic N) is 7. The second kappa shape index (κ2) is 14.4. The van der Waals surface area contributed by atoms with Crippen molar-refractivity contribution in [3.05, 3.63) is 65.3 Å². The van der Waals surface area contributed by atoms with E-state index in [0.717, 1.165) is 32.5 Å². The van der Waals surface area contributed by atoms with Crippen LogP contribution in [-0.4, -0.2) is 126 Å². The van der Waals surface area contributed by atoms with E-state index in [1.165, 1.54) is 12.3 Å². The van der Waals surface area contributed by atoms with Gasteiger partial charge < -0.3 is 19.3 Å². The number of fused-ring (bicyclic) bond motifs is 3. The van der Waals surface area contributed by atoms with Gasteiger partial charge in [0.2, 0.25) is 5.91 Å². The number of benzene rings is 2. The standard InChI is InChI=1S/C38H41ClF3N7O3/c1-46(19-24-20-48(21-24)30(50)7-3-11-47-13-15-51-16-14-47)36-28-18-43-34(27-6-2-5-25-8-9-29(41)32(39)31(25)27)33(42)35(28)44-37(45-36)52-23-38-10-4-12-49(38)22-26(40)17-38/h2-3,5-9,18,24,26H,4,10-17,19-23H2,1H3/b7-3+/t26-,38?/m1/s1. The van der Waals surface area contributed by atoms with E-state index >= 15 is 4.39 Å². The maximum Gasteiger partial charge on any atom is 0.319 e. The van der Waals surface area contributed by atoms with Gasteiger partial charge in [0.15, 0.2) is 5.82 Å². The van der Waals surface area contributed by atoms with Crippen LogP contribution in [0.2, 0.25) is 5.02 Å². The van der Waals surface area contributed by atoms with Crippen LogP contribution in [0.3, 0.4) is 0 Å². The predicted molar refractivity (Wildman–Crippen MR) is 193 cm³/mol. The number of hydrogen-bond donors (Lipinski definition) is 0. The quantitative estimate of drug-likeness (QED) is 0.196. The highest BCUT2D eigenvalue weighted by Crippen LogP contribution is 2.41. The molecule has 0 radical (unpaired) electrons. The first-order valence-corrected chi connectivity index (χ1v) is 18.3. The van der Waals surface area contributed by atoms with Crippen molar-refractivity contribution >= 4 is 45.0 Å². The summed E-state index contributed by atoms with van der Waals surface area (Å²) in [6.45, 7) is 6.90. The summed E-state index contributed by atoms with van der Waals surface area (Å²) >= 11 is 6.41. The monoisotopic (exact) mass is 735 g/mol. The predicted octanol–water partition coefficient (Wildman–Crippen LogP) is 5.51. The van der Waals surface area contributed by atoms with Gasteiger partial charge >= 0.3 is 6.01 Å². The molecule has 0 saturated carbocycles. The van der Waals surface area contributed by atoms with Gasteiger partial charge in [0.25, 0.3) is 0 Å². The van der Waals surface area contributed by atoms with Gasteiger partial charge in [0.1, 0.15) is 35.6 Å². The number of carbonyl (C=O) groups excluding carboxylic acids is 1. The number of alkyl halides is 1. The normalized spacial score (nSPS) is 22.8. The van der Waals surface area contributed by atoms with Crippen LogP contribution < -0.4 is 9.64 Å². The molecule has 8 rings (SSSR count). The van der Waals surface area contributed by atoms with Gasteiger partial charge in [-0.3, -0.25) is 19.6 Å². The molecule has 4 aliphatic heterocycles. The number of rotatable bonds is 10. The van der Waals surface area contributed by atoms with Crippen LogP contribution in [0.15, 0.2) is 48.7 Å². The van der Waals surface area contributed by atoms with Crippen molar-refractivity contribution in [2.24, 2.45) is 5.92 Å². The number of ether oxygens (including phenoxy) is 2. The van der Waals surface area contributed by atoms with Gasteiger partial charge in [-0.25, -0.2) is 13.2 Å². The molecule has 2 atom stereocenters. The molecule has 4 aliphatic rings. The minimum Gasteiger partial charge on any atom is -0.461 e. The Balaban J connectivity index is 1.06. The van der Waals surface area contributed by atoms with E-state index < -0.39 is 23.3 Å². The molecule has 1 unspecified atom stereocenters. The average molecular weight is 736 g/mol. The number of halogens is 4. The van der Waals surface area contributed by atoms with Gasteiger partial charge in [0.05, 0.1) is 29.2 Å². The minimum atomic E-state index is -0.930. The van der Waals surface area contributed by atoms with Crippen LogP contribution in [0.1, 0.15) is 19.3 Å². The third-order valence-electron chi connectivity index (χ3n) is 11.0. The maximum absolute atomic E-state index is 16.8. The van der Waals surface area contributed by atoms with Gasteiger partial charge in [-0.2, -0.15) is 9.97 Å². The van der Waals surface area contributed by atoms with Crippen LogP contribution in [-0.2, 0) is 9.53 Å². The summed E-state index contributed by atoms with van der Waals surface area (Å²) in [7, 11) is 1.86. The molecule has 4 saturated heterocycles. The van der Waals surface area contributed by atoms with Gasteiger partial charge in [-0.1, -0.05) is 41.9 Å². The SMILES string of the molecule is CN(CC1CN(C(=O)/C=C/CN2CCOCC2)C1)c1nc(OCC23CCCN2C[C@H](F)C3)nc2c(F)c(-c3cccc4ccc(F)c(Cl)c34)ncc12. The Morgan fingerprint density at radius 1 is 1.13 bits per heavy atom. The van der Waals surface area contributed by atoms with Crippen molar-refractivity contribution in [1.29, 1.82) is 0 Å². The van der Waals surface area contributed by atoms with Gasteiger partial charge in [-0.05, 0) is 30.8 Å². The Kier molecular flexibility index (Phi) is 9.70. The van der Waals surface area contributed by atoms with Crippen LogP contribution in [0.25, 0.3) is 32.9 Å². The average Bonchev–Trinajstić information content (AvgIpc) is 3.66. The second-order valence-corrected chi connectivity index (χ2v) is 14.8. The Hall–Kier alpha value is -4.04. The maximum atomic E-state index is 16.8. The highest BCUT2D eigenvalue weighted by Gasteiger charge is 2.49. The smallest absolute Gasteiger partial charge is 0.319 e. The number of aromatic nitrogens is 3. The molecule has 1 amide bonds. The highest BCUT2D eigenvalue weighted by atomic mass is 35.5. The van der Waals surface area contributed by atoms with E-state index in [4.69, 9.17) is 26.1 Å². The van der Waals surface area contributed by atoms with Crippen LogP contribution in [0.5, 0.6) is 6.01 Å². The molecule has 0 bridgehead atoms. The summed E-state index contributed by atoms with van der Waals surface area (Å²) < 4.78 is 57.5. The van der Waals surface area contributed by atoms with Gasteiger partial charge in [-0.15, -0.1) is 0 Å². The van der Waals surface area contributed by atoms with Crippen LogP contribution >= 0.6 is 11.6 Å². The molecule has 4 aromatic rings. The lowest BCUT2D eigenvalue weighted by Gasteiger charge is -2.40. The lowest BCUT2D eigenvalue weighted by Crippen LogP contribution is -2.53. The fourth-order valence-electron chi connectivity index (χ4n) is 8.25. The number of morpholine rings is 1. The molecule has 0 N–H and O–H groups in total. The Morgan fingerprint density at radius 3 is 2.79 bits per heavy atom. The molecule has 10 nitrogen and oxygen atoms in total. The zero-order chi connectivity index (χ0) is 36.0. The molecule has 6 heterocycles. The summed E-state index contributed by atoms with van der Waals surface area (Å²) in [6.07, 6.45) is 6.26. The third kappa shape index (κ3) is 6.68. The van der Waals surface area contributed by atoms with E-state index in [1.54, 1.807) is 35.2 Å². The van der Waals surface area contributed by atoms with Crippen molar-refractivity contribution in [3.8, 4) is 17.3 Å². The number of amides is 1. The summed E-state index contributed by atoms with van der Waals surface area (Å²) in [6, 6.07) is 8.01. The fourth-order valence-corrected chi connectivity index (χ4v) is 8.52. The Morgan fingerprint density at radius 2 is 1.96 bits per heavy atom. The van der Waals surface area contributed by atoms with E-state index in [9.17, 15) is 13.6 Å². The lowest BCUT2D eigenvalue weighted by molar-refractivity contribution is -0.131. The van der Waals surface area contributed by atoms with Crippen molar-refractivity contribution in [1.82, 2.24) is 29.7 Å². The Bertz CT molecular complexity index is 2030. The van der Waals surface area contributed by atoms with E-state index in [-0.39, 0.29) is 40.7 Å². The molecule has 14 heteroatoms. The van der Waals surface area contributed by atoms with E-state index in [1.807, 2.05) is 18.0 Å². The van der Waals surface area contributed by atoms with Crippen molar-refractivity contribution in [2.75, 3.05) is 84.1 Å². The molecule has 2 aromatic carbocycles. The number of hydrogen-bond acceptors (Lipinski definition) is 9. The molecule has 0 spiro atoms. The van der Waals surface area contributed by atoms with Crippen LogP contribution in [0, 0.1) is 17.6 Å². The van der Waals surface area contributed by atoms with Crippen molar-refractivity contribution in [3.63, 3.8) is 0 Å².